The molecule has 1 aromatic carbocycles. The molecule has 2 aromatic heterocycles. The van der Waals surface area contributed by atoms with Gasteiger partial charge in [-0.15, -0.1) is 0 Å². The molecule has 0 saturated heterocycles. The molecule has 2 nitrogen and oxygen atoms in total. The van der Waals surface area contributed by atoms with E-state index in [9.17, 15) is 0 Å². The number of fused-ring (bicyclic) bond motifs is 3. The molecule has 3 rings (SSSR count). The zero-order valence-electron chi connectivity index (χ0n) is 11.3. The molecule has 2 heterocycles. The van der Waals surface area contributed by atoms with Gasteiger partial charge in [0.1, 0.15) is 12.6 Å². The number of hydrogen-bond acceptors (Lipinski definition) is 1. The largest absolute Gasteiger partial charge is 0.249 e. The molecule has 2 heteroatoms. The van der Waals surface area contributed by atoms with E-state index in [1.54, 1.807) is 0 Å². The lowest BCUT2D eigenvalue weighted by molar-refractivity contribution is -0.644. The van der Waals surface area contributed by atoms with E-state index in [1.807, 2.05) is 12.3 Å². The molecule has 0 aliphatic heterocycles. The Labute approximate surface area is 107 Å². The normalized spacial score (nSPS) is 11.3. The molecule has 0 saturated carbocycles. The second-order valence-corrected chi connectivity index (χ2v) is 4.98. The van der Waals surface area contributed by atoms with Crippen LogP contribution in [0, 0.1) is 20.8 Å². The summed E-state index contributed by atoms with van der Waals surface area (Å²) in [6.07, 6.45) is 3.99. The number of hydrogen-bond donors (Lipinski definition) is 0. The molecule has 0 atom stereocenters. The van der Waals surface area contributed by atoms with Crippen LogP contribution in [-0.2, 0) is 7.05 Å². The van der Waals surface area contributed by atoms with Crippen molar-refractivity contribution in [1.29, 1.82) is 0 Å². The summed E-state index contributed by atoms with van der Waals surface area (Å²) in [5.41, 5.74) is 6.34. The van der Waals surface area contributed by atoms with E-state index in [0.29, 0.717) is 0 Å². The van der Waals surface area contributed by atoms with Gasteiger partial charge in [0, 0.05) is 17.6 Å². The van der Waals surface area contributed by atoms with Gasteiger partial charge in [-0.05, 0) is 43.5 Å². The van der Waals surface area contributed by atoms with Crippen molar-refractivity contribution in [1.82, 2.24) is 4.98 Å². The molecule has 3 aromatic rings. The highest BCUT2D eigenvalue weighted by Gasteiger charge is 2.17. The van der Waals surface area contributed by atoms with Crippen LogP contribution in [0.1, 0.15) is 16.7 Å². The Kier molecular flexibility index (Phi) is 2.34. The van der Waals surface area contributed by atoms with Crippen molar-refractivity contribution in [2.24, 2.45) is 7.05 Å². The highest BCUT2D eigenvalue weighted by atomic mass is 14.9. The van der Waals surface area contributed by atoms with Gasteiger partial charge in [-0.2, -0.15) is 4.57 Å². The first-order valence-electron chi connectivity index (χ1n) is 6.24. The van der Waals surface area contributed by atoms with E-state index < -0.39 is 0 Å². The third-order valence-corrected chi connectivity index (χ3v) is 3.91. The summed E-state index contributed by atoms with van der Waals surface area (Å²) < 4.78 is 2.17. The molecule has 0 bridgehead atoms. The summed E-state index contributed by atoms with van der Waals surface area (Å²) >= 11 is 0. The van der Waals surface area contributed by atoms with E-state index in [2.05, 4.69) is 55.7 Å². The monoisotopic (exact) mass is 237 g/mol. The Balaban J connectivity index is 2.74. The zero-order valence-corrected chi connectivity index (χ0v) is 11.3. The van der Waals surface area contributed by atoms with Crippen LogP contribution < -0.4 is 4.57 Å². The summed E-state index contributed by atoms with van der Waals surface area (Å²) in [4.78, 5) is 4.59. The van der Waals surface area contributed by atoms with Crippen LogP contribution in [0.2, 0.25) is 0 Å². The van der Waals surface area contributed by atoms with Crippen LogP contribution in [0.4, 0.5) is 0 Å². The standard InChI is InChI=1S/C16H17N2/c1-10-7-9-18(4)16-14(10)12(3)11(2)13-6-5-8-17-15(13)16/h5-9H,1-4H3/q+1. The molecule has 0 N–H and O–H groups in total. The Hall–Kier alpha value is -1.96. The minimum Gasteiger partial charge on any atom is -0.249 e. The molecule has 0 spiro atoms. The van der Waals surface area contributed by atoms with Gasteiger partial charge in [-0.3, -0.25) is 0 Å². The smallest absolute Gasteiger partial charge is 0.239 e. The lowest BCUT2D eigenvalue weighted by atomic mass is 9.96. The van der Waals surface area contributed by atoms with Crippen LogP contribution in [0.3, 0.4) is 0 Å². The van der Waals surface area contributed by atoms with Crippen molar-refractivity contribution >= 4 is 21.8 Å². The molecule has 0 unspecified atom stereocenters. The minimum absolute atomic E-state index is 1.10. The number of aryl methyl sites for hydroxylation is 4. The fraction of sp³-hybridized carbons (Fsp3) is 0.250. The Bertz CT molecular complexity index is 773. The first-order chi connectivity index (χ1) is 8.61. The topological polar surface area (TPSA) is 16.8 Å². The fourth-order valence-corrected chi connectivity index (χ4v) is 2.79. The van der Waals surface area contributed by atoms with Crippen molar-refractivity contribution < 1.29 is 4.57 Å². The third-order valence-electron chi connectivity index (χ3n) is 3.91. The second-order valence-electron chi connectivity index (χ2n) is 4.98. The maximum Gasteiger partial charge on any atom is 0.239 e. The number of nitrogens with zero attached hydrogens (tertiary/aromatic N) is 2. The molecule has 0 amide bonds. The number of pyridine rings is 2. The first-order valence-corrected chi connectivity index (χ1v) is 6.24. The van der Waals surface area contributed by atoms with Crippen molar-refractivity contribution in [3.05, 3.63) is 47.3 Å². The number of aromatic nitrogens is 2. The van der Waals surface area contributed by atoms with Crippen LogP contribution in [0.15, 0.2) is 30.6 Å². The quantitative estimate of drug-likeness (QED) is 0.433. The van der Waals surface area contributed by atoms with E-state index in [4.69, 9.17) is 0 Å². The summed E-state index contributed by atoms with van der Waals surface area (Å²) in [5, 5.41) is 2.59. The van der Waals surface area contributed by atoms with Crippen LogP contribution in [0.25, 0.3) is 21.8 Å². The average molecular weight is 237 g/mol. The summed E-state index contributed by atoms with van der Waals surface area (Å²) in [6.45, 7) is 6.56. The zero-order chi connectivity index (χ0) is 12.9. The molecule has 0 fully saturated rings. The van der Waals surface area contributed by atoms with Gasteiger partial charge in [0.05, 0.1) is 5.39 Å². The first kappa shape index (κ1) is 11.1. The lowest BCUT2D eigenvalue weighted by Gasteiger charge is -2.10. The van der Waals surface area contributed by atoms with E-state index >= 15 is 0 Å². The molecule has 18 heavy (non-hydrogen) atoms. The maximum atomic E-state index is 4.59. The number of benzene rings is 1. The van der Waals surface area contributed by atoms with Crippen molar-refractivity contribution in [3.8, 4) is 0 Å². The van der Waals surface area contributed by atoms with Gasteiger partial charge in [-0.1, -0.05) is 6.07 Å². The highest BCUT2D eigenvalue weighted by Crippen LogP contribution is 2.30. The Morgan fingerprint density at radius 2 is 1.83 bits per heavy atom. The second kappa shape index (κ2) is 3.77. The van der Waals surface area contributed by atoms with E-state index in [0.717, 1.165) is 5.52 Å². The average Bonchev–Trinajstić information content (AvgIpc) is 2.38. The van der Waals surface area contributed by atoms with Gasteiger partial charge >= 0.3 is 0 Å². The van der Waals surface area contributed by atoms with Gasteiger partial charge in [0.2, 0.25) is 5.52 Å². The summed E-state index contributed by atoms with van der Waals surface area (Å²) in [6, 6.07) is 6.34. The predicted molar refractivity (Wildman–Crippen MR) is 74.6 cm³/mol. The summed E-state index contributed by atoms with van der Waals surface area (Å²) in [7, 11) is 2.09. The Morgan fingerprint density at radius 3 is 2.61 bits per heavy atom. The molecule has 0 radical (unpaired) electrons. The van der Waals surface area contributed by atoms with E-state index in [1.165, 1.54) is 33.0 Å². The highest BCUT2D eigenvalue weighted by molar-refractivity contribution is 6.05. The van der Waals surface area contributed by atoms with Crippen molar-refractivity contribution in [3.63, 3.8) is 0 Å². The van der Waals surface area contributed by atoms with Crippen LogP contribution >= 0.6 is 0 Å². The summed E-state index contributed by atoms with van der Waals surface area (Å²) in [5.74, 6) is 0. The van der Waals surface area contributed by atoms with Crippen molar-refractivity contribution in [2.45, 2.75) is 20.8 Å². The molecular formula is C16H17N2+. The predicted octanol–water partition coefficient (Wildman–Crippen LogP) is 3.14. The fourth-order valence-electron chi connectivity index (χ4n) is 2.79. The number of rotatable bonds is 0. The molecule has 0 aliphatic carbocycles. The van der Waals surface area contributed by atoms with Crippen LogP contribution in [-0.4, -0.2) is 4.98 Å². The molecular weight excluding hydrogens is 220 g/mol. The minimum atomic E-state index is 1.10. The third kappa shape index (κ3) is 1.35. The lowest BCUT2D eigenvalue weighted by Crippen LogP contribution is -2.29. The maximum absolute atomic E-state index is 4.59. The van der Waals surface area contributed by atoms with E-state index in [-0.39, 0.29) is 0 Å². The van der Waals surface area contributed by atoms with Gasteiger partial charge in [-0.25, -0.2) is 4.98 Å². The van der Waals surface area contributed by atoms with Gasteiger partial charge < -0.3 is 0 Å². The van der Waals surface area contributed by atoms with Gasteiger partial charge in [0.25, 0.3) is 0 Å². The molecule has 90 valence electrons. The van der Waals surface area contributed by atoms with Crippen molar-refractivity contribution in [2.75, 3.05) is 0 Å². The Morgan fingerprint density at radius 1 is 1.06 bits per heavy atom. The van der Waals surface area contributed by atoms with Gasteiger partial charge in [0.15, 0.2) is 6.20 Å². The van der Waals surface area contributed by atoms with Crippen LogP contribution in [0.5, 0.6) is 0 Å². The molecule has 0 aliphatic rings. The SMILES string of the molecule is Cc1c(C)c2c(C)cc[n+](C)c2c2ncccc12.